The Kier molecular flexibility index (Phi) is 5.02. The molecule has 2 aromatic rings. The van der Waals surface area contributed by atoms with Crippen LogP contribution in [-0.2, 0) is 6.18 Å². The number of halogens is 3. The number of rotatable bonds is 3. The van der Waals surface area contributed by atoms with Crippen molar-refractivity contribution < 1.29 is 18.0 Å². The number of amides is 1. The molecule has 2 nitrogen and oxygen atoms in total. The van der Waals surface area contributed by atoms with Crippen LogP contribution < -0.4 is 5.32 Å². The molecule has 0 aliphatic heterocycles. The van der Waals surface area contributed by atoms with Gasteiger partial charge in [0.05, 0.1) is 11.6 Å². The normalized spacial score (nSPS) is 12.8. The lowest BCUT2D eigenvalue weighted by Gasteiger charge is -2.19. The molecule has 0 heterocycles. The predicted octanol–water partition coefficient (Wildman–Crippen LogP) is 5.12. The Morgan fingerprint density at radius 1 is 1.00 bits per heavy atom. The zero-order valence-corrected chi connectivity index (χ0v) is 14.1. The van der Waals surface area contributed by atoms with Crippen molar-refractivity contribution in [1.82, 2.24) is 5.32 Å². The Hall–Kier alpha value is -2.30. The molecule has 1 unspecified atom stereocenters. The van der Waals surface area contributed by atoms with Gasteiger partial charge in [0.2, 0.25) is 0 Å². The van der Waals surface area contributed by atoms with Gasteiger partial charge in [0.15, 0.2) is 0 Å². The second-order valence-electron chi connectivity index (χ2n) is 6.07. The molecule has 0 aliphatic rings. The summed E-state index contributed by atoms with van der Waals surface area (Å²) in [7, 11) is 0. The second kappa shape index (κ2) is 6.67. The monoisotopic (exact) mass is 335 g/mol. The highest BCUT2D eigenvalue weighted by atomic mass is 19.4. The summed E-state index contributed by atoms with van der Waals surface area (Å²) in [6.07, 6.45) is -4.47. The number of hydrogen-bond donors (Lipinski definition) is 1. The predicted molar refractivity (Wildman–Crippen MR) is 88.0 cm³/mol. The fourth-order valence-corrected chi connectivity index (χ4v) is 2.64. The third kappa shape index (κ3) is 3.96. The minimum atomic E-state index is -4.47. The van der Waals surface area contributed by atoms with E-state index in [2.05, 4.69) is 5.32 Å². The SMILES string of the molecule is Cc1cc(C)c(C(C)NC(=O)c2cccc(C(F)(F)F)c2)cc1C. The molecule has 1 atom stereocenters. The lowest BCUT2D eigenvalue weighted by molar-refractivity contribution is -0.137. The van der Waals surface area contributed by atoms with Crippen LogP contribution in [0.1, 0.15) is 51.1 Å². The topological polar surface area (TPSA) is 29.1 Å². The van der Waals surface area contributed by atoms with Gasteiger partial charge in [0.25, 0.3) is 5.91 Å². The van der Waals surface area contributed by atoms with Crippen LogP contribution in [0.15, 0.2) is 36.4 Å². The van der Waals surface area contributed by atoms with E-state index in [0.717, 1.165) is 34.4 Å². The number of hydrogen-bond acceptors (Lipinski definition) is 1. The maximum absolute atomic E-state index is 12.8. The third-order valence-electron chi connectivity index (χ3n) is 4.15. The molecule has 128 valence electrons. The van der Waals surface area contributed by atoms with Crippen LogP contribution in [0.5, 0.6) is 0 Å². The van der Waals surface area contributed by atoms with E-state index in [0.29, 0.717) is 0 Å². The summed E-state index contributed by atoms with van der Waals surface area (Å²) in [5.74, 6) is -0.522. The fraction of sp³-hybridized carbons (Fsp3) is 0.316. The number of nitrogens with one attached hydrogen (secondary N) is 1. The van der Waals surface area contributed by atoms with E-state index in [9.17, 15) is 18.0 Å². The first-order chi connectivity index (χ1) is 11.1. The smallest absolute Gasteiger partial charge is 0.346 e. The standard InChI is InChI=1S/C19H20F3NO/c1-11-8-13(3)17(9-12(11)2)14(4)23-18(24)15-6-5-7-16(10-15)19(20,21)22/h5-10,14H,1-4H3,(H,23,24). The van der Waals surface area contributed by atoms with Gasteiger partial charge < -0.3 is 5.32 Å². The zero-order valence-electron chi connectivity index (χ0n) is 14.1. The Morgan fingerprint density at radius 3 is 2.25 bits per heavy atom. The van der Waals surface area contributed by atoms with Crippen molar-refractivity contribution in [2.75, 3.05) is 0 Å². The Labute approximate surface area is 139 Å². The van der Waals surface area contributed by atoms with Gasteiger partial charge in [-0.2, -0.15) is 13.2 Å². The maximum Gasteiger partial charge on any atom is 0.416 e. The molecule has 0 spiro atoms. The van der Waals surface area contributed by atoms with Crippen LogP contribution in [0.3, 0.4) is 0 Å². The Bertz CT molecular complexity index is 766. The van der Waals surface area contributed by atoms with Gasteiger partial charge in [-0.05, 0) is 68.1 Å². The van der Waals surface area contributed by atoms with Gasteiger partial charge in [-0.25, -0.2) is 0 Å². The summed E-state index contributed by atoms with van der Waals surface area (Å²) in [4.78, 5) is 12.3. The molecule has 2 rings (SSSR count). The van der Waals surface area contributed by atoms with Crippen molar-refractivity contribution in [1.29, 1.82) is 0 Å². The summed E-state index contributed by atoms with van der Waals surface area (Å²) in [5, 5.41) is 2.77. The Morgan fingerprint density at radius 2 is 1.62 bits per heavy atom. The summed E-state index contributed by atoms with van der Waals surface area (Å²) < 4.78 is 38.3. The molecule has 0 radical (unpaired) electrons. The molecule has 1 amide bonds. The van der Waals surface area contributed by atoms with E-state index in [4.69, 9.17) is 0 Å². The molecule has 0 aliphatic carbocycles. The highest BCUT2D eigenvalue weighted by Gasteiger charge is 2.31. The van der Waals surface area contributed by atoms with Gasteiger partial charge in [-0.15, -0.1) is 0 Å². The lowest BCUT2D eigenvalue weighted by Crippen LogP contribution is -2.27. The number of carbonyl (C=O) groups is 1. The largest absolute Gasteiger partial charge is 0.416 e. The average Bonchev–Trinajstić information content (AvgIpc) is 2.50. The molecule has 24 heavy (non-hydrogen) atoms. The van der Waals surface area contributed by atoms with E-state index in [1.165, 1.54) is 12.1 Å². The van der Waals surface area contributed by atoms with Crippen molar-refractivity contribution in [3.8, 4) is 0 Å². The summed E-state index contributed by atoms with van der Waals surface area (Å²) in [5.41, 5.74) is 3.43. The van der Waals surface area contributed by atoms with E-state index in [1.807, 2.05) is 39.8 Å². The first kappa shape index (κ1) is 18.0. The average molecular weight is 335 g/mol. The second-order valence-corrected chi connectivity index (χ2v) is 6.07. The fourth-order valence-electron chi connectivity index (χ4n) is 2.64. The molecule has 0 aromatic heterocycles. The molecule has 5 heteroatoms. The van der Waals surface area contributed by atoms with Gasteiger partial charge in [0, 0.05) is 5.56 Å². The van der Waals surface area contributed by atoms with Crippen molar-refractivity contribution in [3.05, 3.63) is 69.8 Å². The number of alkyl halides is 3. The Balaban J connectivity index is 2.22. The highest BCUT2D eigenvalue weighted by Crippen LogP contribution is 2.29. The van der Waals surface area contributed by atoms with Gasteiger partial charge in [0.1, 0.15) is 0 Å². The molecule has 0 fully saturated rings. The first-order valence-electron chi connectivity index (χ1n) is 7.65. The summed E-state index contributed by atoms with van der Waals surface area (Å²) in [6, 6.07) is 8.18. The van der Waals surface area contributed by atoms with Crippen LogP contribution in [-0.4, -0.2) is 5.91 Å². The van der Waals surface area contributed by atoms with Crippen LogP contribution in [0.2, 0.25) is 0 Å². The van der Waals surface area contributed by atoms with Gasteiger partial charge in [-0.3, -0.25) is 4.79 Å². The van der Waals surface area contributed by atoms with Crippen molar-refractivity contribution in [2.45, 2.75) is 39.9 Å². The molecule has 0 bridgehead atoms. The van der Waals surface area contributed by atoms with E-state index in [1.54, 1.807) is 0 Å². The van der Waals surface area contributed by atoms with Crippen molar-refractivity contribution in [2.24, 2.45) is 0 Å². The molecule has 0 saturated heterocycles. The molecular formula is C19H20F3NO. The van der Waals surface area contributed by atoms with Gasteiger partial charge in [-0.1, -0.05) is 18.2 Å². The van der Waals surface area contributed by atoms with Crippen LogP contribution in [0.4, 0.5) is 13.2 Å². The first-order valence-corrected chi connectivity index (χ1v) is 7.65. The maximum atomic E-state index is 12.8. The van der Waals surface area contributed by atoms with E-state index >= 15 is 0 Å². The third-order valence-corrected chi connectivity index (χ3v) is 4.15. The quantitative estimate of drug-likeness (QED) is 0.828. The van der Waals surface area contributed by atoms with E-state index in [-0.39, 0.29) is 11.6 Å². The zero-order chi connectivity index (χ0) is 18.1. The summed E-state index contributed by atoms with van der Waals surface area (Å²) >= 11 is 0. The molecule has 0 saturated carbocycles. The summed E-state index contributed by atoms with van der Waals surface area (Å²) in [6.45, 7) is 7.77. The number of benzene rings is 2. The minimum Gasteiger partial charge on any atom is -0.346 e. The number of aryl methyl sites for hydroxylation is 3. The minimum absolute atomic E-state index is 0.00170. The van der Waals surface area contributed by atoms with Crippen molar-refractivity contribution >= 4 is 5.91 Å². The molecule has 2 aromatic carbocycles. The van der Waals surface area contributed by atoms with Crippen LogP contribution >= 0.6 is 0 Å². The van der Waals surface area contributed by atoms with Crippen LogP contribution in [0, 0.1) is 20.8 Å². The number of carbonyl (C=O) groups excluding carboxylic acids is 1. The van der Waals surface area contributed by atoms with Crippen molar-refractivity contribution in [3.63, 3.8) is 0 Å². The van der Waals surface area contributed by atoms with E-state index < -0.39 is 17.6 Å². The molecular weight excluding hydrogens is 315 g/mol. The lowest BCUT2D eigenvalue weighted by atomic mass is 9.96. The molecule has 1 N–H and O–H groups in total. The highest BCUT2D eigenvalue weighted by molar-refractivity contribution is 5.94. The van der Waals surface area contributed by atoms with Crippen LogP contribution in [0.25, 0.3) is 0 Å². The van der Waals surface area contributed by atoms with Gasteiger partial charge >= 0.3 is 6.18 Å².